The Labute approximate surface area is 198 Å². The number of fused-ring (bicyclic) bond motifs is 2. The van der Waals surface area contributed by atoms with Crippen molar-refractivity contribution >= 4 is 23.5 Å². The normalized spacial score (nSPS) is 18.7. The number of carbonyl (C=O) groups excluding carboxylic acids is 2. The van der Waals surface area contributed by atoms with Gasteiger partial charge >= 0.3 is 0 Å². The van der Waals surface area contributed by atoms with Crippen LogP contribution in [-0.4, -0.2) is 56.8 Å². The second-order valence-electron chi connectivity index (χ2n) is 8.77. The van der Waals surface area contributed by atoms with Gasteiger partial charge in [-0.3, -0.25) is 9.59 Å². The lowest BCUT2D eigenvalue weighted by atomic mass is 10.00. The van der Waals surface area contributed by atoms with Gasteiger partial charge in [-0.05, 0) is 55.5 Å². The number of allylic oxidation sites excluding steroid dienone is 1. The van der Waals surface area contributed by atoms with Crippen LogP contribution in [0.15, 0.2) is 30.0 Å². The zero-order chi connectivity index (χ0) is 23.8. The lowest BCUT2D eigenvalue weighted by Gasteiger charge is -2.20. The fourth-order valence-corrected chi connectivity index (χ4v) is 4.58. The Morgan fingerprint density at radius 2 is 2.06 bits per heavy atom. The quantitative estimate of drug-likeness (QED) is 0.677. The highest BCUT2D eigenvalue weighted by atomic mass is 16.7. The van der Waals surface area contributed by atoms with Crippen LogP contribution in [-0.2, 0) is 16.0 Å². The number of benzene rings is 2. The summed E-state index contributed by atoms with van der Waals surface area (Å²) in [6.45, 7) is 3.30. The first-order valence-electron chi connectivity index (χ1n) is 11.5. The molecule has 0 aliphatic carbocycles. The molecule has 1 atom stereocenters. The first-order chi connectivity index (χ1) is 16.5. The van der Waals surface area contributed by atoms with E-state index < -0.39 is 6.10 Å². The predicted octanol–water partition coefficient (Wildman–Crippen LogP) is 3.56. The predicted molar refractivity (Wildman–Crippen MR) is 127 cm³/mol. The summed E-state index contributed by atoms with van der Waals surface area (Å²) < 4.78 is 22.3. The van der Waals surface area contributed by atoms with Crippen molar-refractivity contribution in [3.8, 4) is 17.2 Å². The maximum Gasteiger partial charge on any atom is 0.253 e. The van der Waals surface area contributed by atoms with Gasteiger partial charge in [0, 0.05) is 37.0 Å². The third-order valence-electron chi connectivity index (χ3n) is 6.57. The van der Waals surface area contributed by atoms with Crippen LogP contribution in [0.25, 0.3) is 6.08 Å². The summed E-state index contributed by atoms with van der Waals surface area (Å²) >= 11 is 0. The number of anilines is 1. The van der Waals surface area contributed by atoms with Gasteiger partial charge in [0.25, 0.3) is 5.91 Å². The standard InChI is InChI=1S/C26H28N2O6/c1-15-6-7-17(11-19(15)27-26(30)21-5-4-10-32-21)23(29)20-13-18-16(8-9-28(20)2)12-22-25(24(18)31-3)34-14-33-22/h6-7,11-13,21H,4-5,8-10,14H2,1-3H3,(H,27,30). The van der Waals surface area contributed by atoms with Gasteiger partial charge in [-0.15, -0.1) is 0 Å². The van der Waals surface area contributed by atoms with Gasteiger partial charge < -0.3 is 29.2 Å². The summed E-state index contributed by atoms with van der Waals surface area (Å²) in [5.41, 5.74) is 4.38. The van der Waals surface area contributed by atoms with Crippen molar-refractivity contribution in [3.63, 3.8) is 0 Å². The molecule has 3 heterocycles. The van der Waals surface area contributed by atoms with Crippen LogP contribution in [0.3, 0.4) is 0 Å². The van der Waals surface area contributed by atoms with Crippen molar-refractivity contribution in [2.45, 2.75) is 32.3 Å². The highest BCUT2D eigenvalue weighted by molar-refractivity contribution is 6.12. The lowest BCUT2D eigenvalue weighted by molar-refractivity contribution is -0.124. The maximum absolute atomic E-state index is 13.7. The van der Waals surface area contributed by atoms with Crippen LogP contribution in [0.4, 0.5) is 5.69 Å². The van der Waals surface area contributed by atoms with Crippen molar-refractivity contribution in [1.29, 1.82) is 0 Å². The molecular weight excluding hydrogens is 436 g/mol. The zero-order valence-corrected chi connectivity index (χ0v) is 19.6. The summed E-state index contributed by atoms with van der Waals surface area (Å²) in [4.78, 5) is 28.2. The van der Waals surface area contributed by atoms with E-state index in [0.717, 1.165) is 29.5 Å². The SMILES string of the molecule is COc1c2c(cc3c1OCO3)CCN(C)C(C(=O)c1ccc(C)c(NC(=O)C3CCCO3)c1)=C2. The fraction of sp³-hybridized carbons (Fsp3) is 0.385. The van der Waals surface area contributed by atoms with E-state index >= 15 is 0 Å². The molecule has 0 saturated carbocycles. The van der Waals surface area contributed by atoms with E-state index in [9.17, 15) is 9.59 Å². The molecule has 1 fully saturated rings. The number of Topliss-reactive ketones (excluding diaryl/α,β-unsaturated/α-hetero) is 1. The number of hydrogen-bond donors (Lipinski definition) is 1. The van der Waals surface area contributed by atoms with Gasteiger partial charge in [0.15, 0.2) is 11.5 Å². The van der Waals surface area contributed by atoms with E-state index in [1.807, 2.05) is 37.1 Å². The second-order valence-corrected chi connectivity index (χ2v) is 8.77. The van der Waals surface area contributed by atoms with E-state index in [1.165, 1.54) is 0 Å². The number of nitrogens with zero attached hydrogens (tertiary/aromatic N) is 1. The molecule has 0 bridgehead atoms. The third-order valence-corrected chi connectivity index (χ3v) is 6.57. The van der Waals surface area contributed by atoms with E-state index in [1.54, 1.807) is 19.2 Å². The van der Waals surface area contributed by atoms with E-state index in [-0.39, 0.29) is 18.5 Å². The van der Waals surface area contributed by atoms with Crippen molar-refractivity contribution in [2.24, 2.45) is 0 Å². The summed E-state index contributed by atoms with van der Waals surface area (Å²) in [6, 6.07) is 7.34. The largest absolute Gasteiger partial charge is 0.492 e. The minimum absolute atomic E-state index is 0.136. The van der Waals surface area contributed by atoms with Crippen LogP contribution in [0.1, 0.15) is 39.9 Å². The maximum atomic E-state index is 13.7. The molecule has 1 unspecified atom stereocenters. The van der Waals surface area contributed by atoms with Gasteiger partial charge in [-0.1, -0.05) is 12.1 Å². The molecule has 2 aromatic carbocycles. The summed E-state index contributed by atoms with van der Waals surface area (Å²) in [5, 5.41) is 2.94. The number of aryl methyl sites for hydroxylation is 1. The molecule has 8 heteroatoms. The van der Waals surface area contributed by atoms with E-state index in [4.69, 9.17) is 18.9 Å². The van der Waals surface area contributed by atoms with Gasteiger partial charge in [-0.25, -0.2) is 0 Å². The minimum atomic E-state index is -0.439. The number of ether oxygens (including phenoxy) is 4. The highest BCUT2D eigenvalue weighted by Gasteiger charge is 2.29. The van der Waals surface area contributed by atoms with Crippen LogP contribution < -0.4 is 19.5 Å². The minimum Gasteiger partial charge on any atom is -0.492 e. The van der Waals surface area contributed by atoms with Crippen molar-refractivity contribution in [1.82, 2.24) is 4.90 Å². The molecule has 2 aromatic rings. The first kappa shape index (κ1) is 22.3. The molecule has 1 N–H and O–H groups in total. The summed E-state index contributed by atoms with van der Waals surface area (Å²) in [7, 11) is 3.49. The van der Waals surface area contributed by atoms with E-state index in [2.05, 4.69) is 5.32 Å². The molecule has 34 heavy (non-hydrogen) atoms. The number of ketones is 1. The van der Waals surface area contributed by atoms with Gasteiger partial charge in [0.1, 0.15) is 6.10 Å². The molecule has 0 aromatic heterocycles. The van der Waals surface area contributed by atoms with Gasteiger partial charge in [0.2, 0.25) is 18.3 Å². The van der Waals surface area contributed by atoms with Crippen LogP contribution in [0, 0.1) is 6.92 Å². The number of hydrogen-bond acceptors (Lipinski definition) is 7. The Balaban J connectivity index is 1.49. The Kier molecular flexibility index (Phi) is 5.91. The van der Waals surface area contributed by atoms with Crippen LogP contribution >= 0.6 is 0 Å². The molecule has 5 rings (SSSR count). The number of likely N-dealkylation sites (N-methyl/N-ethyl adjacent to an activating group) is 1. The summed E-state index contributed by atoms with van der Waals surface area (Å²) in [6.07, 6.45) is 3.73. The molecule has 3 aliphatic heterocycles. The molecule has 0 radical (unpaired) electrons. The number of rotatable bonds is 5. The molecule has 1 amide bonds. The van der Waals surface area contributed by atoms with Crippen molar-refractivity contribution < 1.29 is 28.5 Å². The monoisotopic (exact) mass is 464 g/mol. The number of methoxy groups -OCH3 is 1. The van der Waals surface area contributed by atoms with Crippen LogP contribution in [0.5, 0.6) is 17.2 Å². The molecule has 8 nitrogen and oxygen atoms in total. The third kappa shape index (κ3) is 3.98. The number of nitrogens with one attached hydrogen (secondary N) is 1. The molecule has 3 aliphatic rings. The fourth-order valence-electron chi connectivity index (χ4n) is 4.58. The Bertz CT molecular complexity index is 1180. The molecule has 1 saturated heterocycles. The number of carbonyl (C=O) groups is 2. The molecule has 178 valence electrons. The second kappa shape index (κ2) is 9.02. The van der Waals surface area contributed by atoms with Crippen molar-refractivity contribution in [3.05, 3.63) is 52.2 Å². The number of amides is 1. The van der Waals surface area contributed by atoms with Crippen molar-refractivity contribution in [2.75, 3.05) is 39.4 Å². The van der Waals surface area contributed by atoms with E-state index in [0.29, 0.717) is 53.8 Å². The topological polar surface area (TPSA) is 86.3 Å². The summed E-state index contributed by atoms with van der Waals surface area (Å²) in [5.74, 6) is 1.47. The zero-order valence-electron chi connectivity index (χ0n) is 19.6. The Morgan fingerprint density at radius 3 is 2.82 bits per heavy atom. The smallest absolute Gasteiger partial charge is 0.253 e. The average Bonchev–Trinajstić information content (AvgIpc) is 3.51. The molecule has 0 spiro atoms. The average molecular weight is 465 g/mol. The van der Waals surface area contributed by atoms with Gasteiger partial charge in [-0.2, -0.15) is 0 Å². The Morgan fingerprint density at radius 1 is 1.21 bits per heavy atom. The van der Waals surface area contributed by atoms with Crippen LogP contribution in [0.2, 0.25) is 0 Å². The first-order valence-corrected chi connectivity index (χ1v) is 11.5. The van der Waals surface area contributed by atoms with Gasteiger partial charge in [0.05, 0.1) is 12.8 Å². The highest BCUT2D eigenvalue weighted by Crippen LogP contribution is 2.46. The Hall–Kier alpha value is -3.52. The molecular formula is C26H28N2O6. The lowest BCUT2D eigenvalue weighted by Crippen LogP contribution is -2.27.